The fourth-order valence-corrected chi connectivity index (χ4v) is 2.89. The number of carbonyl (C=O) groups is 1. The van der Waals surface area contributed by atoms with Gasteiger partial charge in [0.25, 0.3) is 5.91 Å². The lowest BCUT2D eigenvalue weighted by Crippen LogP contribution is -2.33. The van der Waals surface area contributed by atoms with Crippen LogP contribution >= 0.6 is 0 Å². The first-order valence-corrected chi connectivity index (χ1v) is 8.64. The van der Waals surface area contributed by atoms with Crippen molar-refractivity contribution in [2.45, 2.75) is 39.2 Å². The molecule has 0 atom stereocenters. The van der Waals surface area contributed by atoms with Crippen molar-refractivity contribution in [3.05, 3.63) is 42.1 Å². The fraction of sp³-hybridized carbons (Fsp3) is 0.421. The van der Waals surface area contributed by atoms with Crippen LogP contribution in [-0.2, 0) is 0 Å². The van der Waals surface area contributed by atoms with Gasteiger partial charge in [-0.1, -0.05) is 30.3 Å². The van der Waals surface area contributed by atoms with Crippen LogP contribution in [0.15, 0.2) is 36.4 Å². The maximum absolute atomic E-state index is 12.5. The maximum atomic E-state index is 12.5. The summed E-state index contributed by atoms with van der Waals surface area (Å²) in [7, 11) is 0. The molecule has 0 unspecified atom stereocenters. The van der Waals surface area contributed by atoms with Crippen LogP contribution < -0.4 is 10.2 Å². The van der Waals surface area contributed by atoms with Gasteiger partial charge in [0.2, 0.25) is 0 Å². The zero-order chi connectivity index (χ0) is 16.9. The molecule has 1 N–H and O–H groups in total. The number of anilines is 1. The van der Waals surface area contributed by atoms with E-state index in [0.29, 0.717) is 11.5 Å². The van der Waals surface area contributed by atoms with E-state index in [9.17, 15) is 4.79 Å². The number of aromatic nitrogens is 2. The summed E-state index contributed by atoms with van der Waals surface area (Å²) < 4.78 is 0. The molecule has 126 valence electrons. The number of benzene rings is 1. The van der Waals surface area contributed by atoms with Crippen LogP contribution in [0.1, 0.15) is 43.6 Å². The Bertz CT molecular complexity index is 694. The molecule has 5 heteroatoms. The molecule has 24 heavy (non-hydrogen) atoms. The van der Waals surface area contributed by atoms with Gasteiger partial charge in [-0.25, -0.2) is 9.97 Å². The van der Waals surface area contributed by atoms with Gasteiger partial charge >= 0.3 is 0 Å². The first-order valence-electron chi connectivity index (χ1n) is 8.64. The van der Waals surface area contributed by atoms with E-state index in [1.54, 1.807) is 0 Å². The van der Waals surface area contributed by atoms with E-state index in [4.69, 9.17) is 4.98 Å². The molecular formula is C19H24N4O. The van der Waals surface area contributed by atoms with Crippen molar-refractivity contribution in [1.29, 1.82) is 0 Å². The maximum Gasteiger partial charge on any atom is 0.270 e. The normalized spacial score (nSPS) is 14.7. The van der Waals surface area contributed by atoms with Crippen molar-refractivity contribution in [1.82, 2.24) is 15.3 Å². The highest BCUT2D eigenvalue weighted by Crippen LogP contribution is 2.23. The Morgan fingerprint density at radius 3 is 2.46 bits per heavy atom. The molecule has 3 rings (SSSR count). The zero-order valence-corrected chi connectivity index (χ0v) is 14.3. The fourth-order valence-electron chi connectivity index (χ4n) is 2.89. The largest absolute Gasteiger partial charge is 0.356 e. The third-order valence-electron chi connectivity index (χ3n) is 4.08. The molecule has 2 aromatic rings. The van der Waals surface area contributed by atoms with Crippen LogP contribution in [0.25, 0.3) is 11.4 Å². The highest BCUT2D eigenvalue weighted by atomic mass is 16.1. The van der Waals surface area contributed by atoms with E-state index in [-0.39, 0.29) is 11.9 Å². The number of nitrogens with zero attached hydrogens (tertiary/aromatic N) is 3. The van der Waals surface area contributed by atoms with Crippen LogP contribution in [0.3, 0.4) is 0 Å². The summed E-state index contributed by atoms with van der Waals surface area (Å²) in [6.07, 6.45) is 3.59. The average Bonchev–Trinajstić information content (AvgIpc) is 2.62. The summed E-state index contributed by atoms with van der Waals surface area (Å²) in [6, 6.07) is 11.7. The van der Waals surface area contributed by atoms with E-state index < -0.39 is 0 Å². The van der Waals surface area contributed by atoms with Gasteiger partial charge in [0, 0.05) is 30.8 Å². The number of carbonyl (C=O) groups excluding carboxylic acids is 1. The van der Waals surface area contributed by atoms with Crippen LogP contribution in [0.2, 0.25) is 0 Å². The van der Waals surface area contributed by atoms with Crippen molar-refractivity contribution < 1.29 is 4.79 Å². The summed E-state index contributed by atoms with van der Waals surface area (Å²) in [5.74, 6) is 1.30. The minimum Gasteiger partial charge on any atom is -0.356 e. The molecule has 2 heterocycles. The number of rotatable bonds is 4. The second kappa shape index (κ2) is 7.43. The lowest BCUT2D eigenvalue weighted by atomic mass is 10.1. The van der Waals surface area contributed by atoms with E-state index in [0.717, 1.165) is 37.3 Å². The predicted molar refractivity (Wildman–Crippen MR) is 96.1 cm³/mol. The van der Waals surface area contributed by atoms with Gasteiger partial charge in [-0.15, -0.1) is 0 Å². The van der Waals surface area contributed by atoms with Gasteiger partial charge in [0.1, 0.15) is 11.5 Å². The minimum atomic E-state index is -0.150. The zero-order valence-electron chi connectivity index (χ0n) is 14.3. The summed E-state index contributed by atoms with van der Waals surface area (Å²) in [5, 5.41) is 2.92. The molecule has 5 nitrogen and oxygen atoms in total. The van der Waals surface area contributed by atoms with E-state index in [2.05, 4.69) is 15.2 Å². The van der Waals surface area contributed by atoms with E-state index in [1.165, 1.54) is 6.42 Å². The molecule has 0 radical (unpaired) electrons. The van der Waals surface area contributed by atoms with E-state index in [1.807, 2.05) is 50.2 Å². The monoisotopic (exact) mass is 324 g/mol. The molecule has 1 aromatic heterocycles. The minimum absolute atomic E-state index is 0.0751. The summed E-state index contributed by atoms with van der Waals surface area (Å²) >= 11 is 0. The van der Waals surface area contributed by atoms with Crippen LogP contribution in [0.5, 0.6) is 0 Å². The van der Waals surface area contributed by atoms with Gasteiger partial charge in [0.15, 0.2) is 5.82 Å². The third-order valence-corrected chi connectivity index (χ3v) is 4.08. The number of hydrogen-bond donors (Lipinski definition) is 1. The third kappa shape index (κ3) is 3.91. The Kier molecular flexibility index (Phi) is 5.08. The highest BCUT2D eigenvalue weighted by Gasteiger charge is 2.18. The lowest BCUT2D eigenvalue weighted by molar-refractivity contribution is 0.0938. The van der Waals surface area contributed by atoms with Crippen LogP contribution in [0.4, 0.5) is 5.82 Å². The second-order valence-corrected chi connectivity index (χ2v) is 6.48. The Hall–Kier alpha value is -2.43. The molecule has 1 fully saturated rings. The van der Waals surface area contributed by atoms with Crippen molar-refractivity contribution >= 4 is 11.7 Å². The molecule has 1 amide bonds. The van der Waals surface area contributed by atoms with E-state index >= 15 is 0 Å². The van der Waals surface area contributed by atoms with Crippen molar-refractivity contribution in [2.24, 2.45) is 0 Å². The predicted octanol–water partition coefficient (Wildman–Crippen LogP) is 3.27. The SMILES string of the molecule is CC(C)NC(=O)c1cc(N2CCCCC2)nc(-c2ccccc2)n1. The van der Waals surface area contributed by atoms with Gasteiger partial charge < -0.3 is 10.2 Å². The number of piperidine rings is 1. The molecule has 1 aliphatic heterocycles. The Morgan fingerprint density at radius 1 is 1.08 bits per heavy atom. The summed E-state index contributed by atoms with van der Waals surface area (Å²) in [5.41, 5.74) is 1.35. The summed E-state index contributed by atoms with van der Waals surface area (Å²) in [6.45, 7) is 5.86. The quantitative estimate of drug-likeness (QED) is 0.938. The molecule has 0 aliphatic carbocycles. The molecule has 0 saturated carbocycles. The molecule has 0 bridgehead atoms. The topological polar surface area (TPSA) is 58.1 Å². The van der Waals surface area contributed by atoms with Gasteiger partial charge in [-0.3, -0.25) is 4.79 Å². The number of amides is 1. The Morgan fingerprint density at radius 2 is 1.79 bits per heavy atom. The van der Waals surface area contributed by atoms with Crippen LogP contribution in [-0.4, -0.2) is 35.0 Å². The molecule has 1 saturated heterocycles. The summed E-state index contributed by atoms with van der Waals surface area (Å²) in [4.78, 5) is 23.9. The first kappa shape index (κ1) is 16.4. The lowest BCUT2D eigenvalue weighted by Gasteiger charge is -2.28. The molecule has 1 aliphatic rings. The van der Waals surface area contributed by atoms with Crippen molar-refractivity contribution in [3.63, 3.8) is 0 Å². The molecule has 1 aromatic carbocycles. The molecular weight excluding hydrogens is 300 g/mol. The van der Waals surface area contributed by atoms with Gasteiger partial charge in [0.05, 0.1) is 0 Å². The second-order valence-electron chi connectivity index (χ2n) is 6.48. The first-order chi connectivity index (χ1) is 11.6. The van der Waals surface area contributed by atoms with Gasteiger partial charge in [-0.2, -0.15) is 0 Å². The Labute approximate surface area is 143 Å². The van der Waals surface area contributed by atoms with Gasteiger partial charge in [-0.05, 0) is 33.1 Å². The van der Waals surface area contributed by atoms with Crippen LogP contribution in [0, 0.1) is 0 Å². The standard InChI is InChI=1S/C19H24N4O/c1-14(2)20-19(24)16-13-17(23-11-7-4-8-12-23)22-18(21-16)15-9-5-3-6-10-15/h3,5-6,9-10,13-14H,4,7-8,11-12H2,1-2H3,(H,20,24). The number of nitrogens with one attached hydrogen (secondary N) is 1. The molecule has 0 spiro atoms. The number of hydrogen-bond acceptors (Lipinski definition) is 4. The average molecular weight is 324 g/mol. The van der Waals surface area contributed by atoms with Crippen molar-refractivity contribution in [2.75, 3.05) is 18.0 Å². The highest BCUT2D eigenvalue weighted by molar-refractivity contribution is 5.93. The smallest absolute Gasteiger partial charge is 0.270 e. The van der Waals surface area contributed by atoms with Crippen molar-refractivity contribution in [3.8, 4) is 11.4 Å². The Balaban J connectivity index is 2.00.